The summed E-state index contributed by atoms with van der Waals surface area (Å²) < 4.78 is 37.8. The number of benzene rings is 2. The maximum atomic E-state index is 13.4. The Morgan fingerprint density at radius 2 is 1.68 bits per heavy atom. The van der Waals surface area contributed by atoms with Crippen LogP contribution in [0.3, 0.4) is 0 Å². The second-order valence-corrected chi connectivity index (χ2v) is 7.87. The van der Waals surface area contributed by atoms with Crippen LogP contribution >= 0.6 is 11.8 Å². The lowest BCUT2D eigenvalue weighted by atomic mass is 10.0. The molecule has 0 aromatic heterocycles. The van der Waals surface area contributed by atoms with Crippen LogP contribution in [-0.4, -0.2) is 8.42 Å². The molecule has 0 aliphatic rings. The van der Waals surface area contributed by atoms with Gasteiger partial charge in [-0.1, -0.05) is 49.9 Å². The Labute approximate surface area is 135 Å². The van der Waals surface area contributed by atoms with Crippen LogP contribution in [0.25, 0.3) is 0 Å². The molecule has 0 unspecified atom stereocenters. The molecule has 2 aromatic rings. The molecular weight excluding hydrogens is 319 g/mol. The minimum absolute atomic E-state index is 0.238. The van der Waals surface area contributed by atoms with Gasteiger partial charge in [-0.2, -0.15) is 0 Å². The fourth-order valence-corrected chi connectivity index (χ4v) is 3.80. The van der Waals surface area contributed by atoms with Crippen LogP contribution < -0.4 is 0 Å². The lowest BCUT2D eigenvalue weighted by Crippen LogP contribution is -1.97. The summed E-state index contributed by atoms with van der Waals surface area (Å²) in [5, 5.41) is 2.50. The summed E-state index contributed by atoms with van der Waals surface area (Å²) in [7, 11) is -3.51. The van der Waals surface area contributed by atoms with Gasteiger partial charge in [0.1, 0.15) is 5.82 Å². The molecule has 0 N–H and O–H groups in total. The van der Waals surface area contributed by atoms with E-state index in [1.54, 1.807) is 30.3 Å². The van der Waals surface area contributed by atoms with Crippen LogP contribution in [0.5, 0.6) is 0 Å². The highest BCUT2D eigenvalue weighted by Gasteiger charge is 2.11. The molecule has 0 saturated heterocycles. The molecular formula is C17H17FO2S2. The third-order valence-corrected chi connectivity index (χ3v) is 5.59. The van der Waals surface area contributed by atoms with Crippen molar-refractivity contribution in [1.82, 2.24) is 0 Å². The Balaban J connectivity index is 2.13. The molecule has 0 radical (unpaired) electrons. The Bertz CT molecular complexity index is 764. The monoisotopic (exact) mass is 336 g/mol. The minimum Gasteiger partial charge on any atom is -0.219 e. The number of sulfone groups is 1. The van der Waals surface area contributed by atoms with E-state index in [1.807, 2.05) is 12.1 Å². The molecule has 0 saturated carbocycles. The zero-order valence-electron chi connectivity index (χ0n) is 12.4. The lowest BCUT2D eigenvalue weighted by Gasteiger charge is -2.06. The number of hydrogen-bond acceptors (Lipinski definition) is 3. The van der Waals surface area contributed by atoms with Crippen molar-refractivity contribution < 1.29 is 12.8 Å². The largest absolute Gasteiger partial charge is 0.219 e. The Morgan fingerprint density at radius 1 is 1.05 bits per heavy atom. The second kappa shape index (κ2) is 7.11. The molecule has 0 atom stereocenters. The lowest BCUT2D eigenvalue weighted by molar-refractivity contribution is 0.601. The highest BCUT2D eigenvalue weighted by molar-refractivity contribution is 8.03. The molecule has 22 heavy (non-hydrogen) atoms. The summed E-state index contributed by atoms with van der Waals surface area (Å²) in [6, 6.07) is 13.1. The smallest absolute Gasteiger partial charge is 0.200 e. The van der Waals surface area contributed by atoms with E-state index in [-0.39, 0.29) is 10.7 Å². The topological polar surface area (TPSA) is 34.1 Å². The van der Waals surface area contributed by atoms with E-state index in [9.17, 15) is 12.8 Å². The third-order valence-electron chi connectivity index (χ3n) is 3.14. The van der Waals surface area contributed by atoms with E-state index < -0.39 is 9.84 Å². The van der Waals surface area contributed by atoms with Crippen molar-refractivity contribution in [3.8, 4) is 0 Å². The molecule has 0 fully saturated rings. The average Bonchev–Trinajstić information content (AvgIpc) is 2.49. The van der Waals surface area contributed by atoms with Crippen LogP contribution in [0.1, 0.15) is 25.3 Å². The summed E-state index contributed by atoms with van der Waals surface area (Å²) >= 11 is 1.04. The first-order chi connectivity index (χ1) is 10.4. The van der Waals surface area contributed by atoms with Crippen LogP contribution in [0.2, 0.25) is 0 Å². The van der Waals surface area contributed by atoms with Gasteiger partial charge in [0.15, 0.2) is 9.84 Å². The Kier molecular flexibility index (Phi) is 5.42. The van der Waals surface area contributed by atoms with Crippen LogP contribution in [0, 0.1) is 5.82 Å². The number of rotatable bonds is 5. The fourth-order valence-electron chi connectivity index (χ4n) is 1.84. The summed E-state index contributed by atoms with van der Waals surface area (Å²) in [6.07, 6.45) is 0. The highest BCUT2D eigenvalue weighted by atomic mass is 32.2. The van der Waals surface area contributed by atoms with E-state index in [0.717, 1.165) is 22.7 Å². The average molecular weight is 336 g/mol. The van der Waals surface area contributed by atoms with Crippen LogP contribution in [0.15, 0.2) is 69.1 Å². The van der Waals surface area contributed by atoms with Gasteiger partial charge in [-0.15, -0.1) is 0 Å². The van der Waals surface area contributed by atoms with E-state index in [4.69, 9.17) is 0 Å². The number of thioether (sulfide) groups is 1. The first-order valence-corrected chi connectivity index (χ1v) is 9.25. The predicted octanol–water partition coefficient (Wildman–Crippen LogP) is 4.99. The van der Waals surface area contributed by atoms with Gasteiger partial charge in [0.25, 0.3) is 0 Å². The first kappa shape index (κ1) is 16.8. The van der Waals surface area contributed by atoms with Crippen molar-refractivity contribution in [1.29, 1.82) is 0 Å². The van der Waals surface area contributed by atoms with Crippen molar-refractivity contribution in [2.45, 2.75) is 29.6 Å². The molecule has 2 rings (SSSR count). The third kappa shape index (κ3) is 4.21. The molecule has 2 aromatic carbocycles. The van der Waals surface area contributed by atoms with E-state index in [1.165, 1.54) is 11.5 Å². The molecule has 116 valence electrons. The number of halogens is 1. The van der Waals surface area contributed by atoms with Gasteiger partial charge in [0, 0.05) is 10.3 Å². The van der Waals surface area contributed by atoms with Gasteiger partial charge in [0.05, 0.1) is 4.90 Å². The van der Waals surface area contributed by atoms with E-state index in [0.29, 0.717) is 10.8 Å². The molecule has 0 amide bonds. The maximum absolute atomic E-state index is 13.4. The molecule has 0 bridgehead atoms. The molecule has 0 aliphatic carbocycles. The zero-order chi connectivity index (χ0) is 16.2. The normalized spacial score (nSPS) is 12.2. The SMILES string of the molecule is CC(C)c1ccc(S(=O)(=O)/C=C/Sc2ccccc2F)cc1. The predicted molar refractivity (Wildman–Crippen MR) is 89.1 cm³/mol. The van der Waals surface area contributed by atoms with Crippen molar-refractivity contribution in [3.63, 3.8) is 0 Å². The van der Waals surface area contributed by atoms with E-state index in [2.05, 4.69) is 13.8 Å². The molecule has 0 spiro atoms. The summed E-state index contributed by atoms with van der Waals surface area (Å²) in [5.74, 6) is -0.0141. The van der Waals surface area contributed by atoms with Crippen molar-refractivity contribution in [3.05, 3.63) is 70.7 Å². The van der Waals surface area contributed by atoms with Gasteiger partial charge < -0.3 is 0 Å². The van der Waals surface area contributed by atoms with Gasteiger partial charge in [-0.25, -0.2) is 12.8 Å². The molecule has 2 nitrogen and oxygen atoms in total. The number of hydrogen-bond donors (Lipinski definition) is 0. The molecule has 0 aliphatic heterocycles. The van der Waals surface area contributed by atoms with Crippen LogP contribution in [-0.2, 0) is 9.84 Å². The van der Waals surface area contributed by atoms with Gasteiger partial charge in [-0.3, -0.25) is 0 Å². The minimum atomic E-state index is -3.51. The van der Waals surface area contributed by atoms with Gasteiger partial charge >= 0.3 is 0 Å². The summed E-state index contributed by atoms with van der Waals surface area (Å²) in [6.45, 7) is 4.10. The fraction of sp³-hybridized carbons (Fsp3) is 0.176. The van der Waals surface area contributed by atoms with Gasteiger partial charge in [0.2, 0.25) is 0 Å². The molecule has 5 heteroatoms. The highest BCUT2D eigenvalue weighted by Crippen LogP contribution is 2.24. The van der Waals surface area contributed by atoms with Crippen molar-refractivity contribution >= 4 is 21.6 Å². The van der Waals surface area contributed by atoms with Crippen molar-refractivity contribution in [2.24, 2.45) is 0 Å². The first-order valence-electron chi connectivity index (χ1n) is 6.83. The Hall–Kier alpha value is -1.59. The van der Waals surface area contributed by atoms with E-state index >= 15 is 0 Å². The maximum Gasteiger partial charge on any atom is 0.200 e. The summed E-state index contributed by atoms with van der Waals surface area (Å²) in [4.78, 5) is 0.631. The quantitative estimate of drug-likeness (QED) is 0.722. The standard InChI is InChI=1S/C17H17FO2S2/c1-13(2)14-7-9-15(10-8-14)22(19,20)12-11-21-17-6-4-3-5-16(17)18/h3-13H,1-2H3/b12-11+. The van der Waals surface area contributed by atoms with Crippen LogP contribution in [0.4, 0.5) is 4.39 Å². The summed E-state index contributed by atoms with van der Waals surface area (Å²) in [5.41, 5.74) is 1.09. The Morgan fingerprint density at radius 3 is 2.27 bits per heavy atom. The molecule has 0 heterocycles. The van der Waals surface area contributed by atoms with Crippen molar-refractivity contribution in [2.75, 3.05) is 0 Å². The second-order valence-electron chi connectivity index (χ2n) is 5.09. The van der Waals surface area contributed by atoms with Gasteiger partial charge in [-0.05, 0) is 41.2 Å². The zero-order valence-corrected chi connectivity index (χ0v) is 14.0.